The van der Waals surface area contributed by atoms with E-state index in [4.69, 9.17) is 4.74 Å². The highest BCUT2D eigenvalue weighted by Gasteiger charge is 2.34. The SMILES string of the molecule is CCO/C=C/c1cnc(C(F)(F)F)c(Br)c1. The molecule has 2 nitrogen and oxygen atoms in total. The molecular formula is C10H9BrF3NO. The van der Waals surface area contributed by atoms with Crippen LogP contribution in [0.3, 0.4) is 0 Å². The van der Waals surface area contributed by atoms with Crippen molar-refractivity contribution in [3.63, 3.8) is 0 Å². The Morgan fingerprint density at radius 3 is 2.69 bits per heavy atom. The zero-order chi connectivity index (χ0) is 12.2. The van der Waals surface area contributed by atoms with Gasteiger partial charge < -0.3 is 4.74 Å². The summed E-state index contributed by atoms with van der Waals surface area (Å²) in [6.45, 7) is 2.32. The molecule has 1 heterocycles. The fraction of sp³-hybridized carbons (Fsp3) is 0.300. The van der Waals surface area contributed by atoms with Crippen molar-refractivity contribution in [3.05, 3.63) is 34.3 Å². The van der Waals surface area contributed by atoms with Crippen molar-refractivity contribution in [2.24, 2.45) is 0 Å². The van der Waals surface area contributed by atoms with Crippen LogP contribution in [0.4, 0.5) is 13.2 Å². The summed E-state index contributed by atoms with van der Waals surface area (Å²) in [6, 6.07) is 1.34. The summed E-state index contributed by atoms with van der Waals surface area (Å²) >= 11 is 2.83. The first-order valence-corrected chi connectivity index (χ1v) is 5.25. The second-order valence-corrected chi connectivity index (χ2v) is 3.71. The van der Waals surface area contributed by atoms with E-state index in [1.54, 1.807) is 6.08 Å². The molecule has 6 heteroatoms. The number of alkyl halides is 3. The Bertz CT molecular complexity index is 390. The van der Waals surface area contributed by atoms with Crippen LogP contribution in [0.1, 0.15) is 18.2 Å². The molecule has 0 aromatic carbocycles. The van der Waals surface area contributed by atoms with E-state index >= 15 is 0 Å². The Morgan fingerprint density at radius 1 is 1.50 bits per heavy atom. The van der Waals surface area contributed by atoms with Crippen molar-refractivity contribution < 1.29 is 17.9 Å². The van der Waals surface area contributed by atoms with E-state index in [1.165, 1.54) is 12.3 Å². The van der Waals surface area contributed by atoms with Crippen LogP contribution in [0.15, 0.2) is 23.0 Å². The van der Waals surface area contributed by atoms with E-state index in [1.807, 2.05) is 6.92 Å². The highest BCUT2D eigenvalue weighted by molar-refractivity contribution is 9.10. The van der Waals surface area contributed by atoms with Crippen LogP contribution in [0.5, 0.6) is 0 Å². The Hall–Kier alpha value is -1.04. The lowest BCUT2D eigenvalue weighted by Gasteiger charge is -2.07. The van der Waals surface area contributed by atoms with Crippen LogP contribution >= 0.6 is 15.9 Å². The van der Waals surface area contributed by atoms with Gasteiger partial charge in [-0.2, -0.15) is 13.2 Å². The minimum atomic E-state index is -4.44. The second-order valence-electron chi connectivity index (χ2n) is 2.85. The van der Waals surface area contributed by atoms with Crippen molar-refractivity contribution in [3.8, 4) is 0 Å². The number of nitrogens with zero attached hydrogens (tertiary/aromatic N) is 1. The third-order valence-corrected chi connectivity index (χ3v) is 2.26. The van der Waals surface area contributed by atoms with Crippen LogP contribution in [0.2, 0.25) is 0 Å². The van der Waals surface area contributed by atoms with Gasteiger partial charge in [0.25, 0.3) is 0 Å². The molecule has 0 unspecified atom stereocenters. The van der Waals surface area contributed by atoms with Gasteiger partial charge in [-0.1, -0.05) is 0 Å². The molecule has 0 fully saturated rings. The van der Waals surface area contributed by atoms with E-state index in [9.17, 15) is 13.2 Å². The van der Waals surface area contributed by atoms with Gasteiger partial charge in [-0.15, -0.1) is 0 Å². The van der Waals surface area contributed by atoms with Gasteiger partial charge in [-0.25, -0.2) is 0 Å². The Morgan fingerprint density at radius 2 is 2.19 bits per heavy atom. The van der Waals surface area contributed by atoms with Gasteiger partial charge in [0.15, 0.2) is 5.69 Å². The lowest BCUT2D eigenvalue weighted by atomic mass is 10.2. The first-order chi connectivity index (χ1) is 7.45. The molecule has 0 bridgehead atoms. The number of ether oxygens (including phenoxy) is 1. The van der Waals surface area contributed by atoms with Crippen LogP contribution in [-0.2, 0) is 10.9 Å². The normalized spacial score (nSPS) is 12.1. The molecule has 16 heavy (non-hydrogen) atoms. The van der Waals surface area contributed by atoms with Gasteiger partial charge in [0.2, 0.25) is 0 Å². The highest BCUT2D eigenvalue weighted by atomic mass is 79.9. The average Bonchev–Trinajstić information content (AvgIpc) is 2.16. The summed E-state index contributed by atoms with van der Waals surface area (Å²) in [5.41, 5.74) is -0.394. The van der Waals surface area contributed by atoms with E-state index in [0.717, 1.165) is 6.20 Å². The van der Waals surface area contributed by atoms with Gasteiger partial charge in [0.1, 0.15) is 0 Å². The fourth-order valence-electron chi connectivity index (χ4n) is 0.975. The topological polar surface area (TPSA) is 22.1 Å². The van der Waals surface area contributed by atoms with Crippen LogP contribution in [0.25, 0.3) is 6.08 Å². The van der Waals surface area contributed by atoms with Crippen molar-refractivity contribution in [2.75, 3.05) is 6.61 Å². The Labute approximate surface area is 99.3 Å². The van der Waals surface area contributed by atoms with Gasteiger partial charge >= 0.3 is 6.18 Å². The predicted octanol–water partition coefficient (Wildman–Crippen LogP) is 3.87. The molecule has 0 amide bonds. The van der Waals surface area contributed by atoms with Crippen LogP contribution < -0.4 is 0 Å². The lowest BCUT2D eigenvalue weighted by Crippen LogP contribution is -2.08. The zero-order valence-corrected chi connectivity index (χ0v) is 9.97. The summed E-state index contributed by atoms with van der Waals surface area (Å²) in [5.74, 6) is 0. The monoisotopic (exact) mass is 295 g/mol. The highest BCUT2D eigenvalue weighted by Crippen LogP contribution is 2.33. The Balaban J connectivity index is 2.91. The second kappa shape index (κ2) is 5.34. The summed E-state index contributed by atoms with van der Waals surface area (Å²) in [7, 11) is 0. The van der Waals surface area contributed by atoms with Crippen molar-refractivity contribution in [1.82, 2.24) is 4.98 Å². The van der Waals surface area contributed by atoms with Gasteiger partial charge in [0, 0.05) is 10.7 Å². The molecule has 0 aliphatic heterocycles. The lowest BCUT2D eigenvalue weighted by molar-refractivity contribution is -0.141. The molecule has 0 aliphatic carbocycles. The van der Waals surface area contributed by atoms with Crippen LogP contribution in [-0.4, -0.2) is 11.6 Å². The maximum atomic E-state index is 12.4. The Kier molecular flexibility index (Phi) is 4.35. The molecule has 1 rings (SSSR count). The third kappa shape index (κ3) is 3.52. The molecule has 0 radical (unpaired) electrons. The van der Waals surface area contributed by atoms with E-state index in [-0.39, 0.29) is 4.47 Å². The molecule has 1 aromatic heterocycles. The number of rotatable bonds is 3. The molecule has 0 saturated carbocycles. The number of aromatic nitrogens is 1. The van der Waals surface area contributed by atoms with Gasteiger partial charge in [0.05, 0.1) is 12.9 Å². The summed E-state index contributed by atoms with van der Waals surface area (Å²) in [6.07, 6.45) is -0.345. The fourth-order valence-corrected chi connectivity index (χ4v) is 1.57. The number of hydrogen-bond donors (Lipinski definition) is 0. The number of pyridine rings is 1. The average molecular weight is 296 g/mol. The summed E-state index contributed by atoms with van der Waals surface area (Å²) < 4.78 is 41.9. The van der Waals surface area contributed by atoms with Crippen molar-refractivity contribution in [2.45, 2.75) is 13.1 Å². The molecule has 0 atom stereocenters. The van der Waals surface area contributed by atoms with Crippen molar-refractivity contribution in [1.29, 1.82) is 0 Å². The first-order valence-electron chi connectivity index (χ1n) is 4.46. The first kappa shape index (κ1) is 13.0. The predicted molar refractivity (Wildman–Crippen MR) is 57.6 cm³/mol. The molecular weight excluding hydrogens is 287 g/mol. The standard InChI is InChI=1S/C10H9BrF3NO/c1-2-16-4-3-7-5-8(11)9(15-6-7)10(12,13)14/h3-6H,2H2,1H3/b4-3+. The minimum Gasteiger partial charge on any atom is -0.501 e. The maximum absolute atomic E-state index is 12.4. The summed E-state index contributed by atoms with van der Waals surface area (Å²) in [4.78, 5) is 3.35. The van der Waals surface area contributed by atoms with Gasteiger partial charge in [-0.3, -0.25) is 4.98 Å². The van der Waals surface area contributed by atoms with Gasteiger partial charge in [-0.05, 0) is 40.6 Å². The molecule has 1 aromatic rings. The van der Waals surface area contributed by atoms with Crippen molar-refractivity contribution >= 4 is 22.0 Å². The van der Waals surface area contributed by atoms with E-state index in [0.29, 0.717) is 12.2 Å². The van der Waals surface area contributed by atoms with Crippen LogP contribution in [0, 0.1) is 0 Å². The minimum absolute atomic E-state index is 0.0846. The molecule has 88 valence electrons. The number of hydrogen-bond acceptors (Lipinski definition) is 2. The largest absolute Gasteiger partial charge is 0.501 e. The molecule has 0 spiro atoms. The zero-order valence-electron chi connectivity index (χ0n) is 8.38. The smallest absolute Gasteiger partial charge is 0.434 e. The number of halogens is 4. The molecule has 0 aliphatic rings. The van der Waals surface area contributed by atoms with E-state index < -0.39 is 11.9 Å². The third-order valence-electron chi connectivity index (χ3n) is 1.65. The summed E-state index contributed by atoms with van der Waals surface area (Å²) in [5, 5.41) is 0. The maximum Gasteiger partial charge on any atom is 0.434 e. The molecule has 0 N–H and O–H groups in total. The quantitative estimate of drug-likeness (QED) is 0.790. The molecule has 0 saturated heterocycles. The van der Waals surface area contributed by atoms with E-state index in [2.05, 4.69) is 20.9 Å².